The molecule has 16 heavy (non-hydrogen) atoms. The van der Waals surface area contributed by atoms with Crippen molar-refractivity contribution >= 4 is 44.6 Å². The maximum atomic E-state index is 6.05. The summed E-state index contributed by atoms with van der Waals surface area (Å²) in [6, 6.07) is 13.2. The average Bonchev–Trinajstić information content (AvgIpc) is 2.27. The molecule has 4 heteroatoms. The molecule has 0 aromatic heterocycles. The lowest BCUT2D eigenvalue weighted by Gasteiger charge is -2.10. The first-order valence-electron chi connectivity index (χ1n) is 4.73. The van der Waals surface area contributed by atoms with E-state index < -0.39 is 0 Å². The minimum atomic E-state index is 0.668. The van der Waals surface area contributed by atoms with E-state index in [2.05, 4.69) is 21.2 Å². The van der Waals surface area contributed by atoms with E-state index in [0.29, 0.717) is 10.7 Å². The van der Waals surface area contributed by atoms with E-state index >= 15 is 0 Å². The zero-order valence-corrected chi connectivity index (χ0v) is 10.7. The van der Waals surface area contributed by atoms with Crippen LogP contribution >= 0.6 is 27.5 Å². The molecule has 0 saturated heterocycles. The van der Waals surface area contributed by atoms with Crippen LogP contribution in [0.4, 0.5) is 17.1 Å². The van der Waals surface area contributed by atoms with Gasteiger partial charge in [-0.3, -0.25) is 0 Å². The second-order valence-corrected chi connectivity index (χ2v) is 4.66. The second kappa shape index (κ2) is 4.76. The topological polar surface area (TPSA) is 38.0 Å². The summed E-state index contributed by atoms with van der Waals surface area (Å²) in [7, 11) is 0. The lowest BCUT2D eigenvalue weighted by atomic mass is 10.2. The van der Waals surface area contributed by atoms with Crippen molar-refractivity contribution in [2.75, 3.05) is 11.1 Å². The number of rotatable bonds is 2. The molecule has 0 radical (unpaired) electrons. The molecule has 2 aromatic rings. The van der Waals surface area contributed by atoms with E-state index in [0.717, 1.165) is 15.8 Å². The number of halogens is 2. The third-order valence-corrected chi connectivity index (χ3v) is 2.98. The van der Waals surface area contributed by atoms with Crippen LogP contribution in [0.5, 0.6) is 0 Å². The Labute approximate surface area is 108 Å². The number of hydrogen-bond donors (Lipinski definition) is 2. The molecule has 2 rings (SSSR count). The second-order valence-electron chi connectivity index (χ2n) is 3.34. The van der Waals surface area contributed by atoms with Gasteiger partial charge in [0.15, 0.2) is 0 Å². The van der Waals surface area contributed by atoms with Gasteiger partial charge in [-0.15, -0.1) is 0 Å². The van der Waals surface area contributed by atoms with Gasteiger partial charge in [0.1, 0.15) is 0 Å². The summed E-state index contributed by atoms with van der Waals surface area (Å²) >= 11 is 9.45. The molecule has 0 aliphatic heterocycles. The summed E-state index contributed by atoms with van der Waals surface area (Å²) < 4.78 is 0.969. The molecule has 0 bridgehead atoms. The summed E-state index contributed by atoms with van der Waals surface area (Å²) in [4.78, 5) is 0. The van der Waals surface area contributed by atoms with Crippen molar-refractivity contribution in [2.45, 2.75) is 0 Å². The average molecular weight is 298 g/mol. The molecule has 0 unspecified atom stereocenters. The van der Waals surface area contributed by atoms with Crippen LogP contribution in [-0.4, -0.2) is 0 Å². The molecule has 0 atom stereocenters. The highest BCUT2D eigenvalue weighted by Gasteiger charge is 2.03. The van der Waals surface area contributed by atoms with Gasteiger partial charge >= 0.3 is 0 Å². The van der Waals surface area contributed by atoms with Crippen LogP contribution in [-0.2, 0) is 0 Å². The van der Waals surface area contributed by atoms with Gasteiger partial charge in [-0.05, 0) is 30.3 Å². The highest BCUT2D eigenvalue weighted by molar-refractivity contribution is 9.10. The number of para-hydroxylation sites is 1. The van der Waals surface area contributed by atoms with E-state index in [9.17, 15) is 0 Å². The van der Waals surface area contributed by atoms with Crippen LogP contribution in [0.3, 0.4) is 0 Å². The van der Waals surface area contributed by atoms with E-state index in [1.807, 2.05) is 42.5 Å². The number of hydrogen-bond acceptors (Lipinski definition) is 2. The number of anilines is 3. The number of nitrogens with two attached hydrogens (primary N) is 1. The van der Waals surface area contributed by atoms with Gasteiger partial charge in [-0.1, -0.05) is 39.7 Å². The molecule has 0 aliphatic rings. The normalized spacial score (nSPS) is 10.1. The zero-order chi connectivity index (χ0) is 11.5. The highest BCUT2D eigenvalue weighted by atomic mass is 79.9. The molecule has 2 aromatic carbocycles. The number of nitrogens with one attached hydrogen (secondary N) is 1. The number of benzene rings is 2. The molecule has 82 valence electrons. The summed E-state index contributed by atoms with van der Waals surface area (Å²) in [5.41, 5.74) is 8.22. The lowest BCUT2D eigenvalue weighted by Crippen LogP contribution is -1.96. The molecular formula is C12H10BrClN2. The van der Waals surface area contributed by atoms with Gasteiger partial charge in [0.2, 0.25) is 0 Å². The molecule has 0 amide bonds. The van der Waals surface area contributed by atoms with E-state index in [1.165, 1.54) is 0 Å². The Bertz CT molecular complexity index is 514. The van der Waals surface area contributed by atoms with Crippen molar-refractivity contribution < 1.29 is 0 Å². The molecule has 0 fully saturated rings. The smallest absolute Gasteiger partial charge is 0.0640 e. The largest absolute Gasteiger partial charge is 0.397 e. The SMILES string of the molecule is Nc1ccc(Br)cc1Nc1ccccc1Cl. The fraction of sp³-hybridized carbons (Fsp3) is 0. The monoisotopic (exact) mass is 296 g/mol. The molecule has 3 N–H and O–H groups in total. The number of nitrogen functional groups attached to an aromatic ring is 1. The van der Waals surface area contributed by atoms with Gasteiger partial charge in [0.25, 0.3) is 0 Å². The van der Waals surface area contributed by atoms with Gasteiger partial charge in [0, 0.05) is 4.47 Å². The Balaban J connectivity index is 2.34. The first-order chi connectivity index (χ1) is 7.66. The molecule has 0 heterocycles. The van der Waals surface area contributed by atoms with Gasteiger partial charge in [-0.25, -0.2) is 0 Å². The van der Waals surface area contributed by atoms with Gasteiger partial charge in [-0.2, -0.15) is 0 Å². The fourth-order valence-corrected chi connectivity index (χ4v) is 1.89. The minimum absolute atomic E-state index is 0.668. The van der Waals surface area contributed by atoms with Crippen molar-refractivity contribution in [3.05, 3.63) is 52.0 Å². The van der Waals surface area contributed by atoms with E-state index in [4.69, 9.17) is 17.3 Å². The fourth-order valence-electron chi connectivity index (χ4n) is 1.34. The molecule has 0 saturated carbocycles. The third kappa shape index (κ3) is 2.49. The standard InChI is InChI=1S/C12H10BrClN2/c13-8-5-6-10(15)12(7-8)16-11-4-2-1-3-9(11)14/h1-7,16H,15H2. The van der Waals surface area contributed by atoms with Crippen LogP contribution in [0.1, 0.15) is 0 Å². The maximum Gasteiger partial charge on any atom is 0.0640 e. The minimum Gasteiger partial charge on any atom is -0.397 e. The summed E-state index contributed by atoms with van der Waals surface area (Å²) in [5, 5.41) is 3.86. The van der Waals surface area contributed by atoms with Crippen molar-refractivity contribution in [3.8, 4) is 0 Å². The van der Waals surface area contributed by atoms with Crippen LogP contribution in [0, 0.1) is 0 Å². The lowest BCUT2D eigenvalue weighted by molar-refractivity contribution is 1.53. The van der Waals surface area contributed by atoms with Crippen LogP contribution < -0.4 is 11.1 Å². The van der Waals surface area contributed by atoms with Crippen LogP contribution in [0.2, 0.25) is 5.02 Å². The van der Waals surface area contributed by atoms with Crippen LogP contribution in [0.15, 0.2) is 46.9 Å². The Morgan fingerprint density at radius 1 is 1.06 bits per heavy atom. The van der Waals surface area contributed by atoms with Crippen molar-refractivity contribution in [2.24, 2.45) is 0 Å². The van der Waals surface area contributed by atoms with Gasteiger partial charge < -0.3 is 11.1 Å². The predicted octanol–water partition coefficient (Wildman–Crippen LogP) is 4.43. The third-order valence-electron chi connectivity index (χ3n) is 2.16. The van der Waals surface area contributed by atoms with E-state index in [-0.39, 0.29) is 0 Å². The quantitative estimate of drug-likeness (QED) is 0.805. The maximum absolute atomic E-state index is 6.05. The Kier molecular flexibility index (Phi) is 3.36. The highest BCUT2D eigenvalue weighted by Crippen LogP contribution is 2.29. The van der Waals surface area contributed by atoms with Crippen molar-refractivity contribution in [1.82, 2.24) is 0 Å². The van der Waals surface area contributed by atoms with Crippen molar-refractivity contribution in [3.63, 3.8) is 0 Å². The van der Waals surface area contributed by atoms with Crippen molar-refractivity contribution in [1.29, 1.82) is 0 Å². The predicted molar refractivity (Wildman–Crippen MR) is 73.3 cm³/mol. The molecule has 0 spiro atoms. The molecule has 2 nitrogen and oxygen atoms in total. The van der Waals surface area contributed by atoms with Crippen LogP contribution in [0.25, 0.3) is 0 Å². The summed E-state index contributed by atoms with van der Waals surface area (Å²) in [6.07, 6.45) is 0. The Hall–Kier alpha value is -1.19. The summed E-state index contributed by atoms with van der Waals surface area (Å²) in [6.45, 7) is 0. The first-order valence-corrected chi connectivity index (χ1v) is 5.90. The molecule has 0 aliphatic carbocycles. The Morgan fingerprint density at radius 2 is 1.81 bits per heavy atom. The van der Waals surface area contributed by atoms with E-state index in [1.54, 1.807) is 0 Å². The zero-order valence-electron chi connectivity index (χ0n) is 8.37. The summed E-state index contributed by atoms with van der Waals surface area (Å²) in [5.74, 6) is 0. The first kappa shape index (κ1) is 11.3. The van der Waals surface area contributed by atoms with Gasteiger partial charge in [0.05, 0.1) is 22.1 Å². The molecular weight excluding hydrogens is 288 g/mol. The Morgan fingerprint density at radius 3 is 2.56 bits per heavy atom.